The first-order valence-electron chi connectivity index (χ1n) is 8.89. The van der Waals surface area contributed by atoms with Crippen molar-refractivity contribution in [3.8, 4) is 0 Å². The summed E-state index contributed by atoms with van der Waals surface area (Å²) >= 11 is 0. The summed E-state index contributed by atoms with van der Waals surface area (Å²) in [4.78, 5) is 5.30. The average Bonchev–Trinajstić information content (AvgIpc) is 3.10. The monoisotopic (exact) mass is 305 g/mol. The maximum atomic E-state index is 4.72. The van der Waals surface area contributed by atoms with Crippen LogP contribution >= 0.6 is 0 Å². The summed E-state index contributed by atoms with van der Waals surface area (Å²) in [5, 5.41) is 8.17. The molecule has 1 N–H and O–H groups in total. The lowest BCUT2D eigenvalue weighted by molar-refractivity contribution is 0.170. The molecule has 1 aromatic heterocycles. The molecule has 3 rings (SSSR count). The quantitative estimate of drug-likeness (QED) is 0.892. The van der Waals surface area contributed by atoms with Gasteiger partial charge < -0.3 is 5.32 Å². The van der Waals surface area contributed by atoms with Crippen LogP contribution in [0, 0.1) is 13.8 Å². The summed E-state index contributed by atoms with van der Waals surface area (Å²) in [5.41, 5.74) is 4.04. The molecule has 0 bridgehead atoms. The largest absolute Gasteiger partial charge is 0.314 e. The molecule has 1 unspecified atom stereocenters. The maximum Gasteiger partial charge on any atom is 0.0641 e. The molecular weight excluding hydrogens is 274 g/mol. The Morgan fingerprint density at radius 1 is 1.18 bits per heavy atom. The predicted octanol–water partition coefficient (Wildman–Crippen LogP) is 1.39. The van der Waals surface area contributed by atoms with E-state index in [1.54, 1.807) is 0 Å². The van der Waals surface area contributed by atoms with E-state index in [1.165, 1.54) is 49.6 Å². The Hall–Kier alpha value is -0.910. The van der Waals surface area contributed by atoms with E-state index in [2.05, 4.69) is 40.6 Å². The van der Waals surface area contributed by atoms with E-state index in [0.717, 1.165) is 38.6 Å². The molecule has 2 saturated heterocycles. The van der Waals surface area contributed by atoms with Gasteiger partial charge in [-0.05, 0) is 26.7 Å². The number of aryl methyl sites for hydroxylation is 2. The molecule has 2 aliphatic rings. The van der Waals surface area contributed by atoms with Crippen LogP contribution in [0.5, 0.6) is 0 Å². The van der Waals surface area contributed by atoms with Crippen LogP contribution in [0.2, 0.25) is 0 Å². The second-order valence-electron chi connectivity index (χ2n) is 6.84. The maximum absolute atomic E-state index is 4.72. The van der Waals surface area contributed by atoms with Crippen LogP contribution in [0.15, 0.2) is 0 Å². The van der Waals surface area contributed by atoms with Crippen LogP contribution < -0.4 is 5.32 Å². The van der Waals surface area contributed by atoms with Crippen molar-refractivity contribution in [2.45, 2.75) is 52.7 Å². The van der Waals surface area contributed by atoms with Crippen LogP contribution in [0.4, 0.5) is 0 Å². The molecule has 3 heterocycles. The Morgan fingerprint density at radius 2 is 1.95 bits per heavy atom. The number of hydrogen-bond donors (Lipinski definition) is 1. The van der Waals surface area contributed by atoms with E-state index in [9.17, 15) is 0 Å². The highest BCUT2D eigenvalue weighted by Gasteiger charge is 2.29. The fraction of sp³-hybridized carbons (Fsp3) is 0.824. The number of hydrogen-bond acceptors (Lipinski definition) is 4. The van der Waals surface area contributed by atoms with Gasteiger partial charge >= 0.3 is 0 Å². The summed E-state index contributed by atoms with van der Waals surface area (Å²) in [6, 6.07) is 0.758. The number of rotatable bonds is 5. The summed E-state index contributed by atoms with van der Waals surface area (Å²) in [6.45, 7) is 15.9. The molecule has 124 valence electrons. The Bertz CT molecular complexity index is 489. The smallest absolute Gasteiger partial charge is 0.0641 e. The minimum atomic E-state index is 0.758. The van der Waals surface area contributed by atoms with Crippen LogP contribution in [-0.2, 0) is 13.1 Å². The molecule has 1 atom stereocenters. The molecule has 5 nitrogen and oxygen atoms in total. The van der Waals surface area contributed by atoms with Gasteiger partial charge in [-0.15, -0.1) is 0 Å². The second kappa shape index (κ2) is 7.11. The third-order valence-corrected chi connectivity index (χ3v) is 5.26. The van der Waals surface area contributed by atoms with Gasteiger partial charge in [0.25, 0.3) is 0 Å². The van der Waals surface area contributed by atoms with E-state index < -0.39 is 0 Å². The Kier molecular flexibility index (Phi) is 5.16. The standard InChI is InChI=1S/C17H31N5/c1-4-8-22-15(3)17(14(2)19-22)13-20-9-5-16(12-20)21-10-6-18-7-11-21/h16,18H,4-13H2,1-3H3. The predicted molar refractivity (Wildman–Crippen MR) is 90.1 cm³/mol. The minimum absolute atomic E-state index is 0.758. The fourth-order valence-corrected chi connectivity index (χ4v) is 3.92. The van der Waals surface area contributed by atoms with Gasteiger partial charge in [-0.1, -0.05) is 6.92 Å². The number of aromatic nitrogens is 2. The highest BCUT2D eigenvalue weighted by molar-refractivity contribution is 5.24. The minimum Gasteiger partial charge on any atom is -0.314 e. The van der Waals surface area contributed by atoms with E-state index in [0.29, 0.717) is 0 Å². The van der Waals surface area contributed by atoms with E-state index in [-0.39, 0.29) is 0 Å². The lowest BCUT2D eigenvalue weighted by Gasteiger charge is -2.32. The van der Waals surface area contributed by atoms with Crippen molar-refractivity contribution in [1.82, 2.24) is 24.9 Å². The van der Waals surface area contributed by atoms with E-state index in [1.807, 2.05) is 0 Å². The highest BCUT2D eigenvalue weighted by Crippen LogP contribution is 2.21. The van der Waals surface area contributed by atoms with Gasteiger partial charge in [0.15, 0.2) is 0 Å². The molecule has 22 heavy (non-hydrogen) atoms. The molecule has 2 fully saturated rings. The zero-order valence-electron chi connectivity index (χ0n) is 14.4. The third kappa shape index (κ3) is 3.36. The lowest BCUT2D eigenvalue weighted by atomic mass is 10.2. The van der Waals surface area contributed by atoms with Crippen molar-refractivity contribution < 1.29 is 0 Å². The number of nitrogens with zero attached hydrogens (tertiary/aromatic N) is 4. The number of nitrogens with one attached hydrogen (secondary N) is 1. The zero-order chi connectivity index (χ0) is 15.5. The molecule has 0 aromatic carbocycles. The van der Waals surface area contributed by atoms with Crippen molar-refractivity contribution in [2.24, 2.45) is 0 Å². The average molecular weight is 305 g/mol. The van der Waals surface area contributed by atoms with Crippen LogP contribution in [0.3, 0.4) is 0 Å². The molecule has 2 aliphatic heterocycles. The molecule has 1 aromatic rings. The summed E-state index contributed by atoms with van der Waals surface area (Å²) in [6.07, 6.45) is 2.47. The Morgan fingerprint density at radius 3 is 2.68 bits per heavy atom. The fourth-order valence-electron chi connectivity index (χ4n) is 3.92. The summed E-state index contributed by atoms with van der Waals surface area (Å²) in [7, 11) is 0. The molecule has 0 amide bonds. The molecular formula is C17H31N5. The Labute approximate surface area is 134 Å². The van der Waals surface area contributed by atoms with Gasteiger partial charge in [-0.2, -0.15) is 5.10 Å². The third-order valence-electron chi connectivity index (χ3n) is 5.26. The van der Waals surface area contributed by atoms with Gasteiger partial charge in [-0.25, -0.2) is 0 Å². The first-order valence-corrected chi connectivity index (χ1v) is 8.89. The SMILES string of the molecule is CCCn1nc(C)c(CN2CCC(N3CCNCC3)C2)c1C. The van der Waals surface area contributed by atoms with Crippen molar-refractivity contribution in [1.29, 1.82) is 0 Å². The lowest BCUT2D eigenvalue weighted by Crippen LogP contribution is -2.49. The van der Waals surface area contributed by atoms with E-state index in [4.69, 9.17) is 5.10 Å². The van der Waals surface area contributed by atoms with Gasteiger partial charge in [0.05, 0.1) is 5.69 Å². The van der Waals surface area contributed by atoms with Crippen molar-refractivity contribution >= 4 is 0 Å². The summed E-state index contributed by atoms with van der Waals surface area (Å²) < 4.78 is 2.19. The van der Waals surface area contributed by atoms with Gasteiger partial charge in [0.1, 0.15) is 0 Å². The van der Waals surface area contributed by atoms with Crippen molar-refractivity contribution in [3.05, 3.63) is 17.0 Å². The van der Waals surface area contributed by atoms with Gasteiger partial charge in [0.2, 0.25) is 0 Å². The van der Waals surface area contributed by atoms with Crippen LogP contribution in [0.25, 0.3) is 0 Å². The van der Waals surface area contributed by atoms with Crippen molar-refractivity contribution in [2.75, 3.05) is 39.3 Å². The highest BCUT2D eigenvalue weighted by atomic mass is 15.3. The zero-order valence-corrected chi connectivity index (χ0v) is 14.4. The molecule has 0 saturated carbocycles. The second-order valence-corrected chi connectivity index (χ2v) is 6.84. The molecule has 5 heteroatoms. The van der Waals surface area contributed by atoms with Crippen LogP contribution in [-0.4, -0.2) is 64.9 Å². The molecule has 0 spiro atoms. The summed E-state index contributed by atoms with van der Waals surface area (Å²) in [5.74, 6) is 0. The normalized spacial score (nSPS) is 24.2. The first-order chi connectivity index (χ1) is 10.7. The molecule has 0 aliphatic carbocycles. The first kappa shape index (κ1) is 16.0. The topological polar surface area (TPSA) is 36.3 Å². The number of likely N-dealkylation sites (tertiary alicyclic amines) is 1. The van der Waals surface area contributed by atoms with Gasteiger partial charge in [0, 0.05) is 69.7 Å². The van der Waals surface area contributed by atoms with Gasteiger partial charge in [-0.3, -0.25) is 14.5 Å². The van der Waals surface area contributed by atoms with Crippen molar-refractivity contribution in [3.63, 3.8) is 0 Å². The van der Waals surface area contributed by atoms with E-state index >= 15 is 0 Å². The Balaban J connectivity index is 1.60. The number of piperazine rings is 1. The van der Waals surface area contributed by atoms with Crippen LogP contribution in [0.1, 0.15) is 36.7 Å². The molecule has 0 radical (unpaired) electrons.